The first-order chi connectivity index (χ1) is 20.1. The Morgan fingerprint density at radius 3 is 2.44 bits per heavy atom. The molecule has 1 unspecified atom stereocenters. The minimum atomic E-state index is -1.90. The van der Waals surface area contributed by atoms with Gasteiger partial charge in [0.1, 0.15) is 4.75 Å². The van der Waals surface area contributed by atoms with Crippen LogP contribution in [-0.4, -0.2) is 48.6 Å². The molecule has 0 spiro atoms. The summed E-state index contributed by atoms with van der Waals surface area (Å²) >= 11 is -1.27. The van der Waals surface area contributed by atoms with E-state index in [0.717, 1.165) is 39.4 Å². The van der Waals surface area contributed by atoms with Crippen LogP contribution in [0.15, 0.2) is 60.8 Å². The minimum Gasteiger partial charge on any atom is -0.598 e. The number of hydrogen-bond donors (Lipinski definition) is 2. The number of hydrogen-bond acceptors (Lipinski definition) is 7. The first-order valence-electron chi connectivity index (χ1n) is 15.0. The van der Waals surface area contributed by atoms with Gasteiger partial charge in [-0.15, -0.1) is 4.72 Å². The molecular weight excluding hydrogens is 575 g/mol. The van der Waals surface area contributed by atoms with Crippen molar-refractivity contribution in [2.24, 2.45) is 5.92 Å². The third-order valence-electron chi connectivity index (χ3n) is 8.76. The number of nitrogens with one attached hydrogen (secondary N) is 1. The molecule has 0 aliphatic heterocycles. The molecule has 8 nitrogen and oxygen atoms in total. The van der Waals surface area contributed by atoms with Crippen LogP contribution < -0.4 is 4.72 Å². The van der Waals surface area contributed by atoms with Crippen LogP contribution in [0.4, 0.5) is 0 Å². The Morgan fingerprint density at radius 2 is 1.77 bits per heavy atom. The minimum absolute atomic E-state index is 0.128. The maximum absolute atomic E-state index is 13.1. The van der Waals surface area contributed by atoms with Gasteiger partial charge in [-0.3, -0.25) is 4.98 Å². The Kier molecular flexibility index (Phi) is 8.92. The maximum Gasteiger partial charge on any atom is 0.192 e. The van der Waals surface area contributed by atoms with E-state index in [1.54, 1.807) is 0 Å². The SMILES string of the molecule is CC(C)(C)[S+]([O-])N[C@@H](c1cccc(-c2ccc3cnn(-c4cccc(CO[Si](C)(C)C(C)(C)C)n4)c3c2)n1)C1CC(O)C1. The van der Waals surface area contributed by atoms with E-state index in [9.17, 15) is 9.66 Å². The summed E-state index contributed by atoms with van der Waals surface area (Å²) in [6, 6.07) is 17.9. The van der Waals surface area contributed by atoms with Crippen molar-refractivity contribution in [3.05, 3.63) is 72.2 Å². The predicted octanol–water partition coefficient (Wildman–Crippen LogP) is 6.87. The number of aliphatic hydroxyl groups is 1. The largest absolute Gasteiger partial charge is 0.598 e. The molecule has 1 aliphatic rings. The number of aromatic nitrogens is 4. The molecule has 0 amide bonds. The Morgan fingerprint density at radius 1 is 1.05 bits per heavy atom. The van der Waals surface area contributed by atoms with E-state index in [4.69, 9.17) is 14.4 Å². The van der Waals surface area contributed by atoms with E-state index >= 15 is 0 Å². The van der Waals surface area contributed by atoms with Gasteiger partial charge in [-0.05, 0) is 88.0 Å². The highest BCUT2D eigenvalue weighted by molar-refractivity contribution is 7.90. The summed E-state index contributed by atoms with van der Waals surface area (Å²) < 4.78 is 24.3. The van der Waals surface area contributed by atoms with E-state index in [1.807, 2.05) is 68.0 Å². The van der Waals surface area contributed by atoms with Crippen molar-refractivity contribution in [3.8, 4) is 17.1 Å². The number of nitrogens with zero attached hydrogens (tertiary/aromatic N) is 4. The Bertz CT molecular complexity index is 1570. The van der Waals surface area contributed by atoms with Gasteiger partial charge in [0.15, 0.2) is 14.1 Å². The number of benzene rings is 1. The highest BCUT2D eigenvalue weighted by Crippen LogP contribution is 2.40. The average molecular weight is 620 g/mol. The van der Waals surface area contributed by atoms with Gasteiger partial charge < -0.3 is 14.1 Å². The summed E-state index contributed by atoms with van der Waals surface area (Å²) in [7, 11) is -1.90. The summed E-state index contributed by atoms with van der Waals surface area (Å²) in [6.45, 7) is 17.6. The van der Waals surface area contributed by atoms with Crippen LogP contribution in [0.1, 0.15) is 71.8 Å². The van der Waals surface area contributed by atoms with Crippen LogP contribution in [0.5, 0.6) is 0 Å². The van der Waals surface area contributed by atoms with Crippen molar-refractivity contribution in [1.82, 2.24) is 24.5 Å². The molecule has 43 heavy (non-hydrogen) atoms. The molecule has 0 radical (unpaired) electrons. The van der Waals surface area contributed by atoms with E-state index in [-0.39, 0.29) is 23.1 Å². The third-order valence-corrected chi connectivity index (χ3v) is 14.8. The third kappa shape index (κ3) is 7.05. The summed E-state index contributed by atoms with van der Waals surface area (Å²) in [6.07, 6.45) is 2.88. The molecule has 230 valence electrons. The van der Waals surface area contributed by atoms with E-state index < -0.39 is 24.4 Å². The lowest BCUT2D eigenvalue weighted by Gasteiger charge is -2.38. The molecule has 10 heteroatoms. The van der Waals surface area contributed by atoms with Crippen molar-refractivity contribution >= 4 is 30.6 Å². The van der Waals surface area contributed by atoms with Crippen molar-refractivity contribution in [2.45, 2.75) is 96.0 Å². The standard InChI is InChI=1S/C33H45N5O3SSi/c1-32(2,3)42(40)37-31(24-17-26(39)18-24)28-13-10-12-27(36-28)22-15-16-23-20-34-38(29(23)19-22)30-14-9-11-25(35-30)21-41-43(7,8)33(4,5)6/h9-16,19-20,24,26,31,37,39H,17-18,21H2,1-8H3/t24?,26?,31-,42?/m1/s1. The van der Waals surface area contributed by atoms with Crippen LogP contribution in [0, 0.1) is 5.92 Å². The molecule has 3 aromatic heterocycles. The van der Waals surface area contributed by atoms with Gasteiger partial charge >= 0.3 is 0 Å². The maximum atomic E-state index is 13.1. The monoisotopic (exact) mass is 619 g/mol. The quantitative estimate of drug-likeness (QED) is 0.156. The normalized spacial score (nSPS) is 19.3. The van der Waals surface area contributed by atoms with Gasteiger partial charge in [0, 0.05) is 22.3 Å². The van der Waals surface area contributed by atoms with Gasteiger partial charge in [-0.25, -0.2) is 9.67 Å². The molecule has 0 bridgehead atoms. The number of fused-ring (bicyclic) bond motifs is 1. The Hall–Kier alpha value is -2.60. The first-order valence-corrected chi connectivity index (χ1v) is 19.1. The molecule has 2 N–H and O–H groups in total. The lowest BCUT2D eigenvalue weighted by atomic mass is 9.76. The summed E-state index contributed by atoms with van der Waals surface area (Å²) in [4.78, 5) is 9.95. The van der Waals surface area contributed by atoms with Crippen LogP contribution >= 0.6 is 0 Å². The molecule has 4 aromatic rings. The van der Waals surface area contributed by atoms with Gasteiger partial charge in [0.25, 0.3) is 0 Å². The predicted molar refractivity (Wildman–Crippen MR) is 177 cm³/mol. The zero-order valence-corrected chi connectivity index (χ0v) is 28.4. The van der Waals surface area contributed by atoms with Gasteiger partial charge in [0.05, 0.1) is 47.5 Å². The second kappa shape index (κ2) is 12.1. The topological polar surface area (TPSA) is 108 Å². The van der Waals surface area contributed by atoms with Crippen molar-refractivity contribution in [3.63, 3.8) is 0 Å². The molecule has 3 heterocycles. The smallest absolute Gasteiger partial charge is 0.192 e. The average Bonchev–Trinajstić information content (AvgIpc) is 3.36. The van der Waals surface area contributed by atoms with Crippen molar-refractivity contribution in [2.75, 3.05) is 0 Å². The Labute approximate surface area is 259 Å². The lowest BCUT2D eigenvalue weighted by Crippen LogP contribution is -2.46. The van der Waals surface area contributed by atoms with Crippen LogP contribution in [0.3, 0.4) is 0 Å². The number of rotatable bonds is 9. The second-order valence-electron chi connectivity index (χ2n) is 14.2. The van der Waals surface area contributed by atoms with Crippen LogP contribution in [0.25, 0.3) is 28.0 Å². The molecule has 0 saturated heterocycles. The molecule has 5 rings (SSSR count). The summed E-state index contributed by atoms with van der Waals surface area (Å²) in [5.41, 5.74) is 4.42. The van der Waals surface area contributed by atoms with Crippen molar-refractivity contribution < 1.29 is 14.1 Å². The fourth-order valence-corrected chi connectivity index (χ4v) is 6.71. The zero-order valence-electron chi connectivity index (χ0n) is 26.6. The lowest BCUT2D eigenvalue weighted by molar-refractivity contribution is 0.0273. The van der Waals surface area contributed by atoms with Gasteiger partial charge in [-0.2, -0.15) is 5.10 Å². The fraction of sp³-hybridized carbons (Fsp3) is 0.485. The first kappa shape index (κ1) is 31.8. The van der Waals surface area contributed by atoms with Gasteiger partial charge in [0.2, 0.25) is 0 Å². The van der Waals surface area contributed by atoms with E-state index in [2.05, 4.69) is 61.9 Å². The van der Waals surface area contributed by atoms with Crippen LogP contribution in [0.2, 0.25) is 18.1 Å². The molecular formula is C33H45N5O3SSi. The van der Waals surface area contributed by atoms with E-state index in [0.29, 0.717) is 19.4 Å². The molecule has 1 saturated carbocycles. The second-order valence-corrected chi connectivity index (χ2v) is 21.0. The summed E-state index contributed by atoms with van der Waals surface area (Å²) in [5, 5.41) is 15.8. The molecule has 1 aliphatic carbocycles. The molecule has 2 atom stereocenters. The number of aliphatic hydroxyl groups excluding tert-OH is 1. The zero-order chi connectivity index (χ0) is 31.2. The summed E-state index contributed by atoms with van der Waals surface area (Å²) in [5.74, 6) is 0.912. The highest BCUT2D eigenvalue weighted by atomic mass is 32.2. The Balaban J connectivity index is 1.43. The number of pyridine rings is 2. The highest BCUT2D eigenvalue weighted by Gasteiger charge is 2.40. The molecule has 1 aromatic carbocycles. The van der Waals surface area contributed by atoms with Gasteiger partial charge in [-0.1, -0.05) is 45.0 Å². The fourth-order valence-electron chi connectivity index (χ4n) is 4.87. The van der Waals surface area contributed by atoms with E-state index in [1.165, 1.54) is 0 Å². The van der Waals surface area contributed by atoms with Crippen molar-refractivity contribution in [1.29, 1.82) is 0 Å². The van der Waals surface area contributed by atoms with Crippen LogP contribution in [-0.2, 0) is 22.4 Å². The molecule has 1 fully saturated rings.